The third-order valence-electron chi connectivity index (χ3n) is 4.76. The molecule has 0 aliphatic carbocycles. The molecule has 2 aromatic rings. The molecule has 0 bridgehead atoms. The number of aryl methyl sites for hydroxylation is 1. The Morgan fingerprint density at radius 3 is 2.32 bits per heavy atom. The summed E-state index contributed by atoms with van der Waals surface area (Å²) >= 11 is 6.05. The smallest absolute Gasteiger partial charge is 0.244 e. The van der Waals surface area contributed by atoms with Crippen molar-refractivity contribution < 1.29 is 13.2 Å². The Hall–Kier alpha value is -1.93. The van der Waals surface area contributed by atoms with Crippen molar-refractivity contribution in [1.29, 1.82) is 0 Å². The predicted molar refractivity (Wildman–Crippen MR) is 110 cm³/mol. The van der Waals surface area contributed by atoms with Gasteiger partial charge < -0.3 is 5.32 Å². The van der Waals surface area contributed by atoms with Crippen molar-refractivity contribution in [2.24, 2.45) is 0 Å². The Morgan fingerprint density at radius 1 is 1.04 bits per heavy atom. The normalized spacial score (nSPS) is 16.1. The van der Waals surface area contributed by atoms with Gasteiger partial charge in [0.2, 0.25) is 15.9 Å². The number of benzene rings is 2. The highest BCUT2D eigenvalue weighted by molar-refractivity contribution is 7.89. The molecular weight excluding hydrogens is 398 g/mol. The van der Waals surface area contributed by atoms with Crippen LogP contribution in [-0.4, -0.2) is 56.3 Å². The van der Waals surface area contributed by atoms with Crippen LogP contribution in [0.25, 0.3) is 0 Å². The number of piperazine rings is 1. The lowest BCUT2D eigenvalue weighted by molar-refractivity contribution is -0.122. The van der Waals surface area contributed by atoms with Gasteiger partial charge in [-0.2, -0.15) is 4.31 Å². The van der Waals surface area contributed by atoms with Crippen LogP contribution < -0.4 is 5.32 Å². The van der Waals surface area contributed by atoms with Crippen molar-refractivity contribution >= 4 is 27.5 Å². The number of halogens is 1. The van der Waals surface area contributed by atoms with E-state index in [4.69, 9.17) is 11.6 Å². The molecule has 8 heteroatoms. The highest BCUT2D eigenvalue weighted by atomic mass is 35.5. The van der Waals surface area contributed by atoms with Crippen LogP contribution >= 0.6 is 11.6 Å². The highest BCUT2D eigenvalue weighted by Crippen LogP contribution is 2.24. The van der Waals surface area contributed by atoms with Crippen molar-refractivity contribution in [2.45, 2.75) is 18.4 Å². The average Bonchev–Trinajstić information content (AvgIpc) is 2.68. The van der Waals surface area contributed by atoms with Crippen molar-refractivity contribution in [3.8, 4) is 0 Å². The number of sulfonamides is 1. The first kappa shape index (κ1) is 20.8. The van der Waals surface area contributed by atoms with Crippen LogP contribution in [0.15, 0.2) is 53.4 Å². The number of nitrogens with zero attached hydrogens (tertiary/aromatic N) is 2. The molecule has 6 nitrogen and oxygen atoms in total. The summed E-state index contributed by atoms with van der Waals surface area (Å²) in [5.41, 5.74) is 2.23. The van der Waals surface area contributed by atoms with Gasteiger partial charge >= 0.3 is 0 Å². The molecule has 0 saturated carbocycles. The van der Waals surface area contributed by atoms with E-state index < -0.39 is 10.0 Å². The van der Waals surface area contributed by atoms with Crippen molar-refractivity contribution in [1.82, 2.24) is 14.5 Å². The Labute approximate surface area is 171 Å². The lowest BCUT2D eigenvalue weighted by Crippen LogP contribution is -2.51. The van der Waals surface area contributed by atoms with Crippen LogP contribution in [0.5, 0.6) is 0 Å². The first-order chi connectivity index (χ1) is 13.4. The molecule has 1 aliphatic rings. The van der Waals surface area contributed by atoms with Gasteiger partial charge in [0.1, 0.15) is 4.90 Å². The number of carbonyl (C=O) groups excluding carboxylic acids is 1. The molecule has 1 saturated heterocycles. The van der Waals surface area contributed by atoms with Crippen molar-refractivity contribution in [3.63, 3.8) is 0 Å². The largest absolute Gasteiger partial charge is 0.351 e. The van der Waals surface area contributed by atoms with E-state index in [1.807, 2.05) is 36.1 Å². The number of hydrogen-bond donors (Lipinski definition) is 1. The molecule has 1 heterocycles. The minimum atomic E-state index is -3.62. The lowest BCUT2D eigenvalue weighted by Gasteiger charge is -2.33. The zero-order chi connectivity index (χ0) is 20.1. The second-order valence-corrected chi connectivity index (χ2v) is 9.19. The standard InChI is InChI=1S/C20H24ClN3O3S/c1-16-6-8-17(9-7-16)14-22-20(25)15-23-10-12-24(13-11-23)28(26,27)19-5-3-2-4-18(19)21/h2-9H,10-15H2,1H3,(H,22,25). The first-order valence-electron chi connectivity index (χ1n) is 9.15. The van der Waals surface area contributed by atoms with Gasteiger partial charge in [0.25, 0.3) is 0 Å². The van der Waals surface area contributed by atoms with Gasteiger partial charge in [-0.15, -0.1) is 0 Å². The van der Waals surface area contributed by atoms with E-state index in [2.05, 4.69) is 5.32 Å². The van der Waals surface area contributed by atoms with Crippen LogP contribution in [0.1, 0.15) is 11.1 Å². The second kappa shape index (κ2) is 9.05. The summed E-state index contributed by atoms with van der Waals surface area (Å²) in [6.45, 7) is 4.43. The summed E-state index contributed by atoms with van der Waals surface area (Å²) in [6.07, 6.45) is 0. The summed E-state index contributed by atoms with van der Waals surface area (Å²) in [7, 11) is -3.62. The van der Waals surface area contributed by atoms with Gasteiger partial charge in [0.15, 0.2) is 0 Å². The summed E-state index contributed by atoms with van der Waals surface area (Å²) in [4.78, 5) is 14.3. The van der Waals surface area contributed by atoms with Gasteiger partial charge in [-0.3, -0.25) is 9.69 Å². The van der Waals surface area contributed by atoms with Gasteiger partial charge in [-0.25, -0.2) is 8.42 Å². The molecule has 0 unspecified atom stereocenters. The zero-order valence-corrected chi connectivity index (χ0v) is 17.3. The molecule has 1 fully saturated rings. The van der Waals surface area contributed by atoms with Gasteiger partial charge in [0, 0.05) is 32.7 Å². The summed E-state index contributed by atoms with van der Waals surface area (Å²) in [5.74, 6) is -0.0667. The fourth-order valence-corrected chi connectivity index (χ4v) is 5.00. The number of nitrogens with one attached hydrogen (secondary N) is 1. The molecule has 2 aromatic carbocycles. The maximum absolute atomic E-state index is 12.8. The zero-order valence-electron chi connectivity index (χ0n) is 15.8. The van der Waals surface area contributed by atoms with Crippen LogP contribution in [0.3, 0.4) is 0 Å². The van der Waals surface area contributed by atoms with Crippen LogP contribution in [-0.2, 0) is 21.4 Å². The van der Waals surface area contributed by atoms with E-state index in [0.29, 0.717) is 32.7 Å². The third kappa shape index (κ3) is 5.11. The Morgan fingerprint density at radius 2 is 1.68 bits per heavy atom. The van der Waals surface area contributed by atoms with Crippen LogP contribution in [0.2, 0.25) is 5.02 Å². The lowest BCUT2D eigenvalue weighted by atomic mass is 10.1. The fraction of sp³-hybridized carbons (Fsp3) is 0.350. The van der Waals surface area contributed by atoms with E-state index in [1.165, 1.54) is 15.9 Å². The molecule has 150 valence electrons. The van der Waals surface area contributed by atoms with Crippen LogP contribution in [0.4, 0.5) is 0 Å². The maximum atomic E-state index is 12.8. The Bertz CT molecular complexity index is 924. The number of hydrogen-bond acceptors (Lipinski definition) is 4. The molecule has 1 N–H and O–H groups in total. The average molecular weight is 422 g/mol. The monoisotopic (exact) mass is 421 g/mol. The molecule has 1 amide bonds. The predicted octanol–water partition coefficient (Wildman–Crippen LogP) is 2.27. The van der Waals surface area contributed by atoms with Crippen LogP contribution in [0, 0.1) is 6.92 Å². The third-order valence-corrected chi connectivity index (χ3v) is 7.16. The molecular formula is C20H24ClN3O3S. The van der Waals surface area contributed by atoms with Gasteiger partial charge in [-0.1, -0.05) is 53.6 Å². The number of amides is 1. The minimum absolute atomic E-state index is 0.0667. The van der Waals surface area contributed by atoms with E-state index in [9.17, 15) is 13.2 Å². The van der Waals surface area contributed by atoms with Crippen molar-refractivity contribution in [3.05, 3.63) is 64.7 Å². The number of carbonyl (C=O) groups is 1. The minimum Gasteiger partial charge on any atom is -0.351 e. The second-order valence-electron chi connectivity index (χ2n) is 6.87. The Kier molecular flexibility index (Phi) is 6.72. The number of rotatable bonds is 6. The molecule has 0 atom stereocenters. The van der Waals surface area contributed by atoms with Gasteiger partial charge in [0.05, 0.1) is 11.6 Å². The van der Waals surface area contributed by atoms with E-state index in [1.54, 1.807) is 18.2 Å². The molecule has 28 heavy (non-hydrogen) atoms. The summed E-state index contributed by atoms with van der Waals surface area (Å²) in [6, 6.07) is 14.5. The molecule has 0 spiro atoms. The molecule has 1 aliphatic heterocycles. The molecule has 3 rings (SSSR count). The summed E-state index contributed by atoms with van der Waals surface area (Å²) < 4.78 is 27.0. The first-order valence-corrected chi connectivity index (χ1v) is 11.0. The van der Waals surface area contributed by atoms with Gasteiger partial charge in [-0.05, 0) is 24.6 Å². The maximum Gasteiger partial charge on any atom is 0.244 e. The van der Waals surface area contributed by atoms with Crippen molar-refractivity contribution in [2.75, 3.05) is 32.7 Å². The highest BCUT2D eigenvalue weighted by Gasteiger charge is 2.30. The topological polar surface area (TPSA) is 69.7 Å². The SMILES string of the molecule is Cc1ccc(CNC(=O)CN2CCN(S(=O)(=O)c3ccccc3Cl)CC2)cc1. The van der Waals surface area contributed by atoms with E-state index in [0.717, 1.165) is 5.56 Å². The fourth-order valence-electron chi connectivity index (χ4n) is 3.09. The summed E-state index contributed by atoms with van der Waals surface area (Å²) in [5, 5.41) is 3.13. The van der Waals surface area contributed by atoms with E-state index in [-0.39, 0.29) is 22.4 Å². The quantitative estimate of drug-likeness (QED) is 0.776. The molecule has 0 radical (unpaired) electrons. The van der Waals surface area contributed by atoms with E-state index >= 15 is 0 Å². The molecule has 0 aromatic heterocycles. The Balaban J connectivity index is 1.49.